The van der Waals surface area contributed by atoms with Crippen molar-refractivity contribution in [1.29, 1.82) is 0 Å². The molecule has 0 N–H and O–H groups in total. The van der Waals surface area contributed by atoms with E-state index in [0.717, 1.165) is 30.2 Å². The molecule has 0 saturated carbocycles. The summed E-state index contributed by atoms with van der Waals surface area (Å²) >= 11 is 3.38. The second-order valence-corrected chi connectivity index (χ2v) is 5.66. The topological polar surface area (TPSA) is 17.1 Å². The van der Waals surface area contributed by atoms with Crippen LogP contribution in [0.15, 0.2) is 24.3 Å². The van der Waals surface area contributed by atoms with Gasteiger partial charge in [0, 0.05) is 17.3 Å². The van der Waals surface area contributed by atoms with Crippen molar-refractivity contribution < 1.29 is 4.79 Å². The second-order valence-electron chi connectivity index (χ2n) is 4.86. The fraction of sp³-hybridized carbons (Fsp3) is 0.533. The molecule has 94 valence electrons. The number of carbonyl (C=O) groups excluding carboxylic acids is 1. The van der Waals surface area contributed by atoms with Gasteiger partial charge in [-0.15, -0.1) is 0 Å². The molecule has 1 nitrogen and oxygen atoms in total. The van der Waals surface area contributed by atoms with E-state index < -0.39 is 0 Å². The highest BCUT2D eigenvalue weighted by atomic mass is 79.9. The van der Waals surface area contributed by atoms with Crippen LogP contribution in [-0.4, -0.2) is 11.1 Å². The summed E-state index contributed by atoms with van der Waals surface area (Å²) in [5, 5.41) is 0.980. The van der Waals surface area contributed by atoms with Crippen molar-refractivity contribution in [3.05, 3.63) is 35.4 Å². The number of hydrogen-bond acceptors (Lipinski definition) is 1. The van der Waals surface area contributed by atoms with Crippen LogP contribution in [0.25, 0.3) is 0 Å². The zero-order chi connectivity index (χ0) is 12.7. The first-order chi connectivity index (χ1) is 8.13. The maximum absolute atomic E-state index is 11.8. The molecule has 0 aliphatic rings. The van der Waals surface area contributed by atoms with Crippen molar-refractivity contribution >= 4 is 21.7 Å². The van der Waals surface area contributed by atoms with Gasteiger partial charge < -0.3 is 0 Å². The summed E-state index contributed by atoms with van der Waals surface area (Å²) in [6.07, 6.45) is 3.78. The largest absolute Gasteiger partial charge is 0.294 e. The molecule has 0 bridgehead atoms. The molecule has 0 aliphatic heterocycles. The number of ketones is 1. The molecule has 0 saturated heterocycles. The Hall–Kier alpha value is -0.630. The lowest BCUT2D eigenvalue weighted by Gasteiger charge is -2.06. The Bertz CT molecular complexity index is 340. The first-order valence-corrected chi connectivity index (χ1v) is 7.43. The number of carbonyl (C=O) groups is 1. The Kier molecular flexibility index (Phi) is 6.49. The SMILES string of the molecule is CC(C)Cc1ccc(C(=O)CCCCBr)cc1. The van der Waals surface area contributed by atoms with Crippen molar-refractivity contribution in [3.8, 4) is 0 Å². The lowest BCUT2D eigenvalue weighted by molar-refractivity contribution is 0.0980. The van der Waals surface area contributed by atoms with Gasteiger partial charge in [-0.2, -0.15) is 0 Å². The number of alkyl halides is 1. The monoisotopic (exact) mass is 296 g/mol. The van der Waals surface area contributed by atoms with E-state index in [-0.39, 0.29) is 5.78 Å². The Balaban J connectivity index is 2.52. The minimum absolute atomic E-state index is 0.266. The Morgan fingerprint density at radius 1 is 1.18 bits per heavy atom. The van der Waals surface area contributed by atoms with Gasteiger partial charge in [0.05, 0.1) is 0 Å². The third kappa shape index (κ3) is 5.49. The maximum Gasteiger partial charge on any atom is 0.162 e. The number of benzene rings is 1. The minimum atomic E-state index is 0.266. The Morgan fingerprint density at radius 2 is 1.82 bits per heavy atom. The number of hydrogen-bond donors (Lipinski definition) is 0. The fourth-order valence-corrected chi connectivity index (χ4v) is 2.22. The normalized spacial score (nSPS) is 10.8. The zero-order valence-corrected chi connectivity index (χ0v) is 12.3. The van der Waals surface area contributed by atoms with Crippen molar-refractivity contribution in [2.75, 3.05) is 5.33 Å². The molecule has 1 rings (SSSR count). The molecule has 0 unspecified atom stereocenters. The highest BCUT2D eigenvalue weighted by Crippen LogP contribution is 2.12. The summed E-state index contributed by atoms with van der Waals surface area (Å²) in [6, 6.07) is 8.10. The van der Waals surface area contributed by atoms with Crippen LogP contribution in [0.2, 0.25) is 0 Å². The molecule has 0 spiro atoms. The standard InChI is InChI=1S/C15H21BrO/c1-12(2)11-13-6-8-14(9-7-13)15(17)5-3-4-10-16/h6-9,12H,3-5,10-11H2,1-2H3. The summed E-state index contributed by atoms with van der Waals surface area (Å²) in [7, 11) is 0. The summed E-state index contributed by atoms with van der Waals surface area (Å²) in [5.41, 5.74) is 2.17. The molecule has 0 atom stereocenters. The van der Waals surface area contributed by atoms with Crippen molar-refractivity contribution in [3.63, 3.8) is 0 Å². The molecule has 0 aliphatic carbocycles. The first kappa shape index (κ1) is 14.4. The number of unbranched alkanes of at least 4 members (excludes halogenated alkanes) is 1. The van der Waals surface area contributed by atoms with Gasteiger partial charge in [-0.05, 0) is 30.7 Å². The lowest BCUT2D eigenvalue weighted by atomic mass is 9.99. The van der Waals surface area contributed by atoms with Gasteiger partial charge in [-0.25, -0.2) is 0 Å². The van der Waals surface area contributed by atoms with E-state index in [1.807, 2.05) is 12.1 Å². The number of Topliss-reactive ketones (excluding diaryl/α,β-unsaturated/α-hetero) is 1. The molecule has 0 aromatic heterocycles. The lowest BCUT2D eigenvalue weighted by Crippen LogP contribution is -2.00. The molecular weight excluding hydrogens is 276 g/mol. The second kappa shape index (κ2) is 7.65. The number of halogens is 1. The van der Waals surface area contributed by atoms with E-state index in [0.29, 0.717) is 12.3 Å². The Labute approximate surface area is 113 Å². The first-order valence-electron chi connectivity index (χ1n) is 6.31. The highest BCUT2D eigenvalue weighted by Gasteiger charge is 2.05. The average molecular weight is 297 g/mol. The van der Waals surface area contributed by atoms with E-state index in [2.05, 4.69) is 41.9 Å². The molecular formula is C15H21BrO. The summed E-state index contributed by atoms with van der Waals surface area (Å²) in [5.74, 6) is 0.928. The van der Waals surface area contributed by atoms with Crippen LogP contribution in [-0.2, 0) is 6.42 Å². The van der Waals surface area contributed by atoms with E-state index in [4.69, 9.17) is 0 Å². The van der Waals surface area contributed by atoms with Crippen LogP contribution in [0.5, 0.6) is 0 Å². The maximum atomic E-state index is 11.8. The third-order valence-corrected chi connectivity index (χ3v) is 3.27. The molecule has 17 heavy (non-hydrogen) atoms. The van der Waals surface area contributed by atoms with Gasteiger partial charge >= 0.3 is 0 Å². The van der Waals surface area contributed by atoms with Crippen LogP contribution < -0.4 is 0 Å². The van der Waals surface area contributed by atoms with Crippen molar-refractivity contribution in [1.82, 2.24) is 0 Å². The van der Waals surface area contributed by atoms with Gasteiger partial charge in [-0.3, -0.25) is 4.79 Å². The third-order valence-electron chi connectivity index (χ3n) is 2.71. The van der Waals surface area contributed by atoms with Crippen LogP contribution in [0.3, 0.4) is 0 Å². The van der Waals surface area contributed by atoms with Gasteiger partial charge in [0.1, 0.15) is 0 Å². The molecule has 0 fully saturated rings. The van der Waals surface area contributed by atoms with Gasteiger partial charge in [0.25, 0.3) is 0 Å². The van der Waals surface area contributed by atoms with Crippen molar-refractivity contribution in [2.45, 2.75) is 39.5 Å². The number of rotatable bonds is 7. The van der Waals surface area contributed by atoms with Crippen molar-refractivity contribution in [2.24, 2.45) is 5.92 Å². The zero-order valence-electron chi connectivity index (χ0n) is 10.7. The van der Waals surface area contributed by atoms with Gasteiger partial charge in [0.2, 0.25) is 0 Å². The summed E-state index contributed by atoms with van der Waals surface area (Å²) in [4.78, 5) is 11.8. The van der Waals surface area contributed by atoms with Crippen LogP contribution in [0, 0.1) is 5.92 Å². The molecule has 1 aromatic carbocycles. The molecule has 0 amide bonds. The molecule has 0 radical (unpaired) electrons. The predicted octanol–water partition coefficient (Wildman–Crippen LogP) is 4.63. The summed E-state index contributed by atoms with van der Waals surface area (Å²) < 4.78 is 0. The molecule has 2 heteroatoms. The van der Waals surface area contributed by atoms with E-state index in [1.165, 1.54) is 5.56 Å². The van der Waals surface area contributed by atoms with Gasteiger partial charge in [0.15, 0.2) is 5.78 Å². The van der Waals surface area contributed by atoms with E-state index in [9.17, 15) is 4.79 Å². The predicted molar refractivity (Wildman–Crippen MR) is 77.0 cm³/mol. The average Bonchev–Trinajstić information content (AvgIpc) is 2.29. The minimum Gasteiger partial charge on any atom is -0.294 e. The molecule has 0 heterocycles. The quantitative estimate of drug-likeness (QED) is 0.407. The summed E-state index contributed by atoms with van der Waals surface area (Å²) in [6.45, 7) is 4.42. The van der Waals surface area contributed by atoms with E-state index >= 15 is 0 Å². The highest BCUT2D eigenvalue weighted by molar-refractivity contribution is 9.09. The fourth-order valence-electron chi connectivity index (χ4n) is 1.82. The Morgan fingerprint density at radius 3 is 2.35 bits per heavy atom. The molecule has 1 aromatic rings. The van der Waals surface area contributed by atoms with E-state index in [1.54, 1.807) is 0 Å². The van der Waals surface area contributed by atoms with Crippen LogP contribution >= 0.6 is 15.9 Å². The smallest absolute Gasteiger partial charge is 0.162 e. The van der Waals surface area contributed by atoms with Crippen LogP contribution in [0.1, 0.15) is 49.0 Å². The van der Waals surface area contributed by atoms with Gasteiger partial charge in [-0.1, -0.05) is 54.0 Å². The van der Waals surface area contributed by atoms with Crippen LogP contribution in [0.4, 0.5) is 0 Å².